The van der Waals surface area contributed by atoms with Crippen LogP contribution in [0, 0.1) is 12.7 Å². The molecule has 0 unspecified atom stereocenters. The fourth-order valence-electron chi connectivity index (χ4n) is 2.37. The topological polar surface area (TPSA) is 88.0 Å². The number of nitrogens with zero attached hydrogens (tertiary/aromatic N) is 5. The second kappa shape index (κ2) is 8.49. The lowest BCUT2D eigenvalue weighted by Gasteiger charge is -2.24. The predicted molar refractivity (Wildman–Crippen MR) is 105 cm³/mol. The molecule has 1 heterocycles. The van der Waals surface area contributed by atoms with Crippen LogP contribution in [0.4, 0.5) is 16.0 Å². The third-order valence-corrected chi connectivity index (χ3v) is 4.82. The number of nitrogens with one attached hydrogen (secondary N) is 2. The van der Waals surface area contributed by atoms with Crippen molar-refractivity contribution in [3.8, 4) is 0 Å². The number of tetrazole rings is 1. The highest BCUT2D eigenvalue weighted by molar-refractivity contribution is 9.10. The molecule has 0 bridgehead atoms. The highest BCUT2D eigenvalue weighted by Crippen LogP contribution is 2.31. The molecule has 0 fully saturated rings. The minimum Gasteiger partial charge on any atom is -0.350 e. The van der Waals surface area contributed by atoms with E-state index in [-0.39, 0.29) is 11.5 Å². The van der Waals surface area contributed by atoms with Gasteiger partial charge in [0.25, 0.3) is 5.91 Å². The number of halogens is 2. The van der Waals surface area contributed by atoms with Gasteiger partial charge in [-0.25, -0.2) is 9.07 Å². The lowest BCUT2D eigenvalue weighted by Crippen LogP contribution is -2.34. The molecule has 26 heavy (non-hydrogen) atoms. The second-order valence-corrected chi connectivity index (χ2v) is 6.64. The molecule has 0 radical (unpaired) electrons. The zero-order valence-electron chi connectivity index (χ0n) is 14.8. The third-order valence-electron chi connectivity index (χ3n) is 3.84. The summed E-state index contributed by atoms with van der Waals surface area (Å²) in [5.41, 5.74) is 0.838. The maximum Gasteiger partial charge on any atom is 0.261 e. The monoisotopic (exact) mass is 443 g/mol. The van der Waals surface area contributed by atoms with Crippen molar-refractivity contribution in [3.05, 3.63) is 27.5 Å². The Kier molecular flexibility index (Phi) is 6.59. The molecular formula is C15H19BrFN7OS. The van der Waals surface area contributed by atoms with Gasteiger partial charge in [0, 0.05) is 24.6 Å². The molecule has 2 aromatic rings. The van der Waals surface area contributed by atoms with Gasteiger partial charge in [-0.3, -0.25) is 10.1 Å². The highest BCUT2D eigenvalue weighted by Gasteiger charge is 2.22. The summed E-state index contributed by atoms with van der Waals surface area (Å²) in [6.07, 6.45) is 0. The number of aromatic nitrogens is 4. The molecule has 1 amide bonds. The van der Waals surface area contributed by atoms with Gasteiger partial charge in [-0.15, -0.1) is 0 Å². The first-order valence-corrected chi connectivity index (χ1v) is 9.08. The van der Waals surface area contributed by atoms with Gasteiger partial charge >= 0.3 is 0 Å². The van der Waals surface area contributed by atoms with Crippen molar-refractivity contribution in [3.63, 3.8) is 0 Å². The van der Waals surface area contributed by atoms with E-state index in [9.17, 15) is 9.18 Å². The normalized spacial score (nSPS) is 10.5. The van der Waals surface area contributed by atoms with Crippen molar-refractivity contribution in [1.82, 2.24) is 25.1 Å². The van der Waals surface area contributed by atoms with Gasteiger partial charge in [0.1, 0.15) is 5.82 Å². The highest BCUT2D eigenvalue weighted by atomic mass is 79.9. The number of carbonyl (C=O) groups excluding carboxylic acids is 1. The summed E-state index contributed by atoms with van der Waals surface area (Å²) in [6, 6.07) is 1.23. The van der Waals surface area contributed by atoms with Crippen LogP contribution in [0.2, 0.25) is 0 Å². The Bertz CT molecular complexity index is 838. The van der Waals surface area contributed by atoms with E-state index in [4.69, 9.17) is 12.2 Å². The molecule has 2 rings (SSSR count). The Morgan fingerprint density at radius 3 is 2.58 bits per heavy atom. The van der Waals surface area contributed by atoms with Crippen LogP contribution in [0.1, 0.15) is 29.8 Å². The lowest BCUT2D eigenvalue weighted by atomic mass is 10.1. The fourth-order valence-corrected chi connectivity index (χ4v) is 3.32. The van der Waals surface area contributed by atoms with Crippen molar-refractivity contribution in [1.29, 1.82) is 0 Å². The molecular weight excluding hydrogens is 425 g/mol. The number of benzene rings is 1. The molecule has 8 nitrogen and oxygen atoms in total. The second-order valence-electron chi connectivity index (χ2n) is 5.40. The molecule has 11 heteroatoms. The Balaban J connectivity index is 2.37. The Hall–Kier alpha value is -2.14. The van der Waals surface area contributed by atoms with Crippen molar-refractivity contribution < 1.29 is 9.18 Å². The quantitative estimate of drug-likeness (QED) is 0.686. The van der Waals surface area contributed by atoms with Crippen LogP contribution >= 0.6 is 28.1 Å². The maximum absolute atomic E-state index is 14.5. The molecule has 0 aliphatic heterocycles. The van der Waals surface area contributed by atoms with Gasteiger partial charge in [0.15, 0.2) is 5.11 Å². The van der Waals surface area contributed by atoms with Crippen molar-refractivity contribution in [2.24, 2.45) is 7.05 Å². The van der Waals surface area contributed by atoms with Crippen LogP contribution in [0.3, 0.4) is 0 Å². The molecule has 0 aliphatic carbocycles. The largest absolute Gasteiger partial charge is 0.350 e. The average Bonchev–Trinajstić information content (AvgIpc) is 2.97. The first kappa shape index (κ1) is 20.2. The average molecular weight is 444 g/mol. The van der Waals surface area contributed by atoms with Gasteiger partial charge in [-0.2, -0.15) is 0 Å². The minimum absolute atomic E-state index is 0.110. The summed E-state index contributed by atoms with van der Waals surface area (Å²) < 4.78 is 16.2. The van der Waals surface area contributed by atoms with Gasteiger partial charge in [0.05, 0.1) is 11.3 Å². The number of amides is 1. The summed E-state index contributed by atoms with van der Waals surface area (Å²) in [5.74, 6) is -1.20. The van der Waals surface area contributed by atoms with Crippen LogP contribution in [0.25, 0.3) is 0 Å². The minimum atomic E-state index is -0.665. The van der Waals surface area contributed by atoms with Gasteiger partial charge in [0.2, 0.25) is 5.95 Å². The predicted octanol–water partition coefficient (Wildman–Crippen LogP) is 2.71. The smallest absolute Gasteiger partial charge is 0.261 e. The standard InChI is InChI=1S/C15H19BrFN7OS/c1-5-24(6-2)15(26)18-12-8(3)11(10(17)7-9(12)16)13(25)19-14-20-21-22-23(14)4/h7H,5-6H2,1-4H3,(H,18,26)(H,19,20,22,25). The lowest BCUT2D eigenvalue weighted by molar-refractivity contribution is 0.102. The van der Waals surface area contributed by atoms with Crippen molar-refractivity contribution in [2.75, 3.05) is 23.7 Å². The van der Waals surface area contributed by atoms with E-state index in [0.717, 1.165) is 13.1 Å². The number of carbonyl (C=O) groups is 1. The maximum atomic E-state index is 14.5. The van der Waals surface area contributed by atoms with Crippen LogP contribution in [-0.4, -0.2) is 49.2 Å². The Morgan fingerprint density at radius 1 is 1.38 bits per heavy atom. The van der Waals surface area contributed by atoms with Crippen LogP contribution in [0.15, 0.2) is 10.5 Å². The molecule has 1 aromatic heterocycles. The Labute approximate surface area is 164 Å². The summed E-state index contributed by atoms with van der Waals surface area (Å²) in [5, 5.41) is 16.8. The zero-order valence-corrected chi connectivity index (χ0v) is 17.2. The van der Waals surface area contributed by atoms with E-state index in [2.05, 4.69) is 42.1 Å². The number of thiocarbonyl (C=S) groups is 1. The van der Waals surface area contributed by atoms with Crippen molar-refractivity contribution in [2.45, 2.75) is 20.8 Å². The first-order chi connectivity index (χ1) is 12.3. The SMILES string of the molecule is CCN(CC)C(=S)Nc1c(Br)cc(F)c(C(=O)Nc2nnnn2C)c1C. The number of anilines is 2. The van der Waals surface area contributed by atoms with E-state index in [1.54, 1.807) is 14.0 Å². The fraction of sp³-hybridized carbons (Fsp3) is 0.400. The van der Waals surface area contributed by atoms with Gasteiger partial charge in [-0.1, -0.05) is 5.10 Å². The summed E-state index contributed by atoms with van der Waals surface area (Å²) in [4.78, 5) is 14.5. The van der Waals surface area contributed by atoms with Crippen LogP contribution < -0.4 is 10.6 Å². The van der Waals surface area contributed by atoms with Crippen molar-refractivity contribution >= 4 is 50.8 Å². The third kappa shape index (κ3) is 4.15. The van der Waals surface area contributed by atoms with E-state index in [0.29, 0.717) is 20.8 Å². The molecule has 0 aliphatic rings. The number of rotatable bonds is 5. The van der Waals surface area contributed by atoms with Crippen LogP contribution in [-0.2, 0) is 7.05 Å². The number of hydrogen-bond donors (Lipinski definition) is 2. The van der Waals surface area contributed by atoms with E-state index in [1.807, 2.05) is 18.7 Å². The number of aryl methyl sites for hydroxylation is 1. The number of hydrogen-bond acceptors (Lipinski definition) is 5. The van der Waals surface area contributed by atoms with E-state index < -0.39 is 11.7 Å². The molecule has 140 valence electrons. The summed E-state index contributed by atoms with van der Waals surface area (Å²) >= 11 is 8.72. The Morgan fingerprint density at radius 2 is 2.04 bits per heavy atom. The zero-order chi connectivity index (χ0) is 19.4. The molecule has 0 saturated carbocycles. The van der Waals surface area contributed by atoms with E-state index in [1.165, 1.54) is 10.7 Å². The molecule has 0 spiro atoms. The molecule has 0 atom stereocenters. The molecule has 2 N–H and O–H groups in total. The van der Waals surface area contributed by atoms with Crippen LogP contribution in [0.5, 0.6) is 0 Å². The van der Waals surface area contributed by atoms with Gasteiger partial charge in [-0.05, 0) is 71.0 Å². The summed E-state index contributed by atoms with van der Waals surface area (Å²) in [6.45, 7) is 7.07. The summed E-state index contributed by atoms with van der Waals surface area (Å²) in [7, 11) is 1.57. The van der Waals surface area contributed by atoms with Gasteiger partial charge < -0.3 is 10.2 Å². The molecule has 0 saturated heterocycles. The molecule has 1 aromatic carbocycles. The first-order valence-electron chi connectivity index (χ1n) is 7.88. The van der Waals surface area contributed by atoms with E-state index >= 15 is 0 Å².